The molecule has 0 N–H and O–H groups in total. The van der Waals surface area contributed by atoms with Crippen LogP contribution in [0.15, 0.2) is 30.3 Å². The Morgan fingerprint density at radius 2 is 1.88 bits per heavy atom. The molecule has 3 heteroatoms. The summed E-state index contributed by atoms with van der Waals surface area (Å²) in [6.07, 6.45) is 4.63. The first-order chi connectivity index (χ1) is 7.76. The van der Waals surface area contributed by atoms with E-state index in [1.807, 2.05) is 6.92 Å². The number of hydrogen-bond acceptors (Lipinski definition) is 3. The quantitative estimate of drug-likeness (QED) is 0.433. The number of carbonyl (C=O) groups excluding carboxylic acids is 2. The van der Waals surface area contributed by atoms with E-state index >= 15 is 0 Å². The summed E-state index contributed by atoms with van der Waals surface area (Å²) in [5.41, 5.74) is 1.48. The second-order valence-corrected chi connectivity index (χ2v) is 3.29. The molecule has 0 aromatic heterocycles. The van der Waals surface area contributed by atoms with Gasteiger partial charge in [-0.15, -0.1) is 0 Å². The second-order valence-electron chi connectivity index (χ2n) is 3.29. The van der Waals surface area contributed by atoms with Crippen molar-refractivity contribution in [2.24, 2.45) is 0 Å². The summed E-state index contributed by atoms with van der Waals surface area (Å²) in [6, 6.07) is 6.94. The predicted molar refractivity (Wildman–Crippen MR) is 62.1 cm³/mol. The van der Waals surface area contributed by atoms with E-state index in [0.717, 1.165) is 18.3 Å². The van der Waals surface area contributed by atoms with Crippen molar-refractivity contribution in [1.29, 1.82) is 0 Å². The van der Waals surface area contributed by atoms with Gasteiger partial charge in [-0.1, -0.05) is 31.2 Å². The molecule has 0 unspecified atom stereocenters. The van der Waals surface area contributed by atoms with E-state index in [9.17, 15) is 9.59 Å². The van der Waals surface area contributed by atoms with Crippen molar-refractivity contribution in [3.63, 3.8) is 0 Å². The van der Waals surface area contributed by atoms with Crippen LogP contribution in [0, 0.1) is 0 Å². The highest BCUT2D eigenvalue weighted by Gasteiger charge is 1.95. The smallest absolute Gasteiger partial charge is 0.330 e. The van der Waals surface area contributed by atoms with Crippen LogP contribution in [0.1, 0.15) is 29.3 Å². The Morgan fingerprint density at radius 1 is 1.25 bits per heavy atom. The molecule has 0 spiro atoms. The van der Waals surface area contributed by atoms with Crippen LogP contribution >= 0.6 is 0 Å². The topological polar surface area (TPSA) is 43.4 Å². The van der Waals surface area contributed by atoms with Gasteiger partial charge in [-0.2, -0.15) is 0 Å². The molecule has 16 heavy (non-hydrogen) atoms. The van der Waals surface area contributed by atoms with Crippen LogP contribution in [-0.2, 0) is 9.53 Å². The SMILES string of the molecule is CCCOC(=O)/C=C/c1ccc(C=O)cc1. The summed E-state index contributed by atoms with van der Waals surface area (Å²) in [7, 11) is 0. The predicted octanol–water partition coefficient (Wildman–Crippen LogP) is 2.47. The molecule has 3 nitrogen and oxygen atoms in total. The first-order valence-electron chi connectivity index (χ1n) is 5.16. The molecule has 0 aliphatic carbocycles. The molecule has 0 heterocycles. The van der Waals surface area contributed by atoms with Gasteiger partial charge in [-0.25, -0.2) is 4.79 Å². The monoisotopic (exact) mass is 218 g/mol. The van der Waals surface area contributed by atoms with Gasteiger partial charge in [0.05, 0.1) is 6.61 Å². The number of rotatable bonds is 5. The van der Waals surface area contributed by atoms with Crippen molar-refractivity contribution in [2.75, 3.05) is 6.61 Å². The third-order valence-electron chi connectivity index (χ3n) is 1.93. The summed E-state index contributed by atoms with van der Waals surface area (Å²) >= 11 is 0. The minimum Gasteiger partial charge on any atom is -0.463 e. The first-order valence-corrected chi connectivity index (χ1v) is 5.16. The Hall–Kier alpha value is -1.90. The van der Waals surface area contributed by atoms with Crippen molar-refractivity contribution < 1.29 is 14.3 Å². The normalized spacial score (nSPS) is 10.3. The zero-order valence-corrected chi connectivity index (χ0v) is 9.18. The summed E-state index contributed by atoms with van der Waals surface area (Å²) in [4.78, 5) is 21.5. The van der Waals surface area contributed by atoms with Crippen molar-refractivity contribution in [2.45, 2.75) is 13.3 Å². The maximum atomic E-state index is 11.1. The van der Waals surface area contributed by atoms with Gasteiger partial charge in [0, 0.05) is 11.6 Å². The molecule has 0 amide bonds. The highest BCUT2D eigenvalue weighted by atomic mass is 16.5. The molecule has 1 rings (SSSR count). The molecule has 1 aromatic carbocycles. The molecule has 0 aliphatic heterocycles. The van der Waals surface area contributed by atoms with E-state index in [4.69, 9.17) is 4.74 Å². The zero-order valence-electron chi connectivity index (χ0n) is 9.18. The lowest BCUT2D eigenvalue weighted by molar-refractivity contribution is -0.137. The molecule has 0 fully saturated rings. The van der Waals surface area contributed by atoms with Gasteiger partial charge in [0.1, 0.15) is 6.29 Å². The number of hydrogen-bond donors (Lipinski definition) is 0. The molecule has 84 valence electrons. The van der Waals surface area contributed by atoms with Crippen LogP contribution in [0.5, 0.6) is 0 Å². The minimum atomic E-state index is -0.346. The Balaban J connectivity index is 2.55. The molecule has 0 atom stereocenters. The third-order valence-corrected chi connectivity index (χ3v) is 1.93. The fourth-order valence-corrected chi connectivity index (χ4v) is 1.10. The number of esters is 1. The Kier molecular flexibility index (Phi) is 4.99. The van der Waals surface area contributed by atoms with Crippen LogP contribution in [0.3, 0.4) is 0 Å². The molecule has 0 bridgehead atoms. The zero-order chi connectivity index (χ0) is 11.8. The highest BCUT2D eigenvalue weighted by Crippen LogP contribution is 2.04. The van der Waals surface area contributed by atoms with Crippen molar-refractivity contribution in [3.8, 4) is 0 Å². The van der Waals surface area contributed by atoms with Crippen molar-refractivity contribution in [3.05, 3.63) is 41.5 Å². The average molecular weight is 218 g/mol. The molecule has 0 radical (unpaired) electrons. The van der Waals surface area contributed by atoms with Crippen molar-refractivity contribution in [1.82, 2.24) is 0 Å². The lowest BCUT2D eigenvalue weighted by Crippen LogP contribution is -2.00. The van der Waals surface area contributed by atoms with Crippen LogP contribution < -0.4 is 0 Å². The lowest BCUT2D eigenvalue weighted by atomic mass is 10.1. The van der Waals surface area contributed by atoms with Crippen LogP contribution in [0.4, 0.5) is 0 Å². The Labute approximate surface area is 94.7 Å². The van der Waals surface area contributed by atoms with Gasteiger partial charge in [-0.3, -0.25) is 4.79 Å². The summed E-state index contributed by atoms with van der Waals surface area (Å²) in [5.74, 6) is -0.346. The van der Waals surface area contributed by atoms with Crippen LogP contribution in [-0.4, -0.2) is 18.9 Å². The average Bonchev–Trinajstić information content (AvgIpc) is 2.34. The summed E-state index contributed by atoms with van der Waals surface area (Å²) < 4.78 is 4.88. The largest absolute Gasteiger partial charge is 0.463 e. The maximum absolute atomic E-state index is 11.1. The Morgan fingerprint density at radius 3 is 2.44 bits per heavy atom. The second kappa shape index (κ2) is 6.56. The Bertz CT molecular complexity index is 377. The summed E-state index contributed by atoms with van der Waals surface area (Å²) in [5, 5.41) is 0. The van der Waals surface area contributed by atoms with Crippen molar-refractivity contribution >= 4 is 18.3 Å². The van der Waals surface area contributed by atoms with E-state index < -0.39 is 0 Å². The van der Waals surface area contributed by atoms with E-state index in [2.05, 4.69) is 0 Å². The van der Waals surface area contributed by atoms with E-state index in [1.54, 1.807) is 30.3 Å². The fourth-order valence-electron chi connectivity index (χ4n) is 1.10. The van der Waals surface area contributed by atoms with Gasteiger partial charge < -0.3 is 4.74 Å². The molecule has 0 saturated carbocycles. The molecule has 0 saturated heterocycles. The lowest BCUT2D eigenvalue weighted by Gasteiger charge is -1.97. The van der Waals surface area contributed by atoms with Gasteiger partial charge in [0.2, 0.25) is 0 Å². The fraction of sp³-hybridized carbons (Fsp3) is 0.231. The van der Waals surface area contributed by atoms with Crippen LogP contribution in [0.2, 0.25) is 0 Å². The van der Waals surface area contributed by atoms with E-state index in [-0.39, 0.29) is 5.97 Å². The van der Waals surface area contributed by atoms with Gasteiger partial charge in [-0.05, 0) is 18.1 Å². The number of benzene rings is 1. The first kappa shape index (κ1) is 12.2. The van der Waals surface area contributed by atoms with E-state index in [0.29, 0.717) is 12.2 Å². The number of carbonyl (C=O) groups is 2. The minimum absolute atomic E-state index is 0.346. The third kappa shape index (κ3) is 4.09. The maximum Gasteiger partial charge on any atom is 0.330 e. The molecule has 1 aromatic rings. The van der Waals surface area contributed by atoms with Crippen LogP contribution in [0.25, 0.3) is 6.08 Å². The number of ether oxygens (including phenoxy) is 1. The summed E-state index contributed by atoms with van der Waals surface area (Å²) in [6.45, 7) is 2.38. The molecule has 0 aliphatic rings. The molecular formula is C13H14O3. The highest BCUT2D eigenvalue weighted by molar-refractivity contribution is 5.87. The van der Waals surface area contributed by atoms with Gasteiger partial charge in [0.15, 0.2) is 0 Å². The standard InChI is InChI=1S/C13H14O3/c1-2-9-16-13(15)8-7-11-3-5-12(10-14)6-4-11/h3-8,10H,2,9H2,1H3/b8-7+. The van der Waals surface area contributed by atoms with Gasteiger partial charge >= 0.3 is 5.97 Å². The van der Waals surface area contributed by atoms with E-state index in [1.165, 1.54) is 6.08 Å². The number of aldehydes is 1. The molecular weight excluding hydrogens is 204 g/mol. The van der Waals surface area contributed by atoms with Gasteiger partial charge in [0.25, 0.3) is 0 Å².